The van der Waals surface area contributed by atoms with E-state index < -0.39 is 5.97 Å². The number of aliphatic carboxylic acids is 1. The van der Waals surface area contributed by atoms with Crippen LogP contribution in [0.3, 0.4) is 0 Å². The maximum atomic E-state index is 10.5. The number of carbonyl (C=O) groups is 1. The molecule has 0 spiro atoms. The lowest BCUT2D eigenvalue weighted by atomic mass is 10.1. The molecule has 0 amide bonds. The van der Waals surface area contributed by atoms with E-state index in [0.717, 1.165) is 9.13 Å². The zero-order valence-electron chi connectivity index (χ0n) is 7.12. The second kappa shape index (κ2) is 4.41. The zero-order valence-corrected chi connectivity index (χ0v) is 9.28. The molecule has 1 N–H and O–H groups in total. The Labute approximate surface area is 90.4 Å². The molecule has 1 rings (SSSR count). The molecular weight excluding hydrogens is 279 g/mol. The summed E-state index contributed by atoms with van der Waals surface area (Å²) in [6, 6.07) is 7.69. The van der Waals surface area contributed by atoms with Crippen molar-refractivity contribution < 1.29 is 9.90 Å². The van der Waals surface area contributed by atoms with Crippen LogP contribution in [0.1, 0.15) is 12.5 Å². The maximum absolute atomic E-state index is 10.5. The molecule has 0 saturated heterocycles. The fourth-order valence-electron chi connectivity index (χ4n) is 0.908. The largest absolute Gasteiger partial charge is 0.478 e. The van der Waals surface area contributed by atoms with Gasteiger partial charge in [0.25, 0.3) is 0 Å². The van der Waals surface area contributed by atoms with Crippen molar-refractivity contribution in [2.45, 2.75) is 6.92 Å². The number of hydrogen-bond acceptors (Lipinski definition) is 1. The highest BCUT2D eigenvalue weighted by molar-refractivity contribution is 14.1. The van der Waals surface area contributed by atoms with Crippen LogP contribution in [0.25, 0.3) is 6.08 Å². The van der Waals surface area contributed by atoms with Crippen molar-refractivity contribution in [3.63, 3.8) is 0 Å². The van der Waals surface area contributed by atoms with Gasteiger partial charge < -0.3 is 5.11 Å². The smallest absolute Gasteiger partial charge is 0.331 e. The van der Waals surface area contributed by atoms with Gasteiger partial charge in [-0.3, -0.25) is 0 Å². The van der Waals surface area contributed by atoms with E-state index in [4.69, 9.17) is 5.11 Å². The molecule has 68 valence electrons. The second-order valence-electron chi connectivity index (χ2n) is 2.69. The molecule has 2 nitrogen and oxygen atoms in total. The molecular formula is C10H9IO2. The molecule has 0 bridgehead atoms. The Morgan fingerprint density at radius 2 is 2.23 bits per heavy atom. The SMILES string of the molecule is C/C(=C\c1cccc(I)c1)C(=O)O. The highest BCUT2D eigenvalue weighted by Gasteiger charge is 1.99. The first-order valence-corrected chi connectivity index (χ1v) is 4.84. The van der Waals surface area contributed by atoms with E-state index in [1.165, 1.54) is 0 Å². The van der Waals surface area contributed by atoms with Gasteiger partial charge in [0.2, 0.25) is 0 Å². The first-order chi connectivity index (χ1) is 6.09. The minimum Gasteiger partial charge on any atom is -0.478 e. The van der Waals surface area contributed by atoms with Crippen LogP contribution in [0.4, 0.5) is 0 Å². The van der Waals surface area contributed by atoms with E-state index in [1.54, 1.807) is 13.0 Å². The Kier molecular flexibility index (Phi) is 3.48. The number of carboxylic acid groups (broad SMARTS) is 1. The second-order valence-corrected chi connectivity index (χ2v) is 3.93. The molecule has 0 fully saturated rings. The number of halogens is 1. The minimum absolute atomic E-state index is 0.349. The van der Waals surface area contributed by atoms with Gasteiger partial charge in [-0.15, -0.1) is 0 Å². The molecule has 0 unspecified atom stereocenters. The van der Waals surface area contributed by atoms with Crippen molar-refractivity contribution in [3.8, 4) is 0 Å². The first kappa shape index (κ1) is 10.2. The van der Waals surface area contributed by atoms with Gasteiger partial charge in [-0.05, 0) is 53.3 Å². The first-order valence-electron chi connectivity index (χ1n) is 3.77. The average Bonchev–Trinajstić information content (AvgIpc) is 2.04. The van der Waals surface area contributed by atoms with Gasteiger partial charge in [-0.1, -0.05) is 12.1 Å². The summed E-state index contributed by atoms with van der Waals surface area (Å²) in [6.45, 7) is 1.59. The van der Waals surface area contributed by atoms with Crippen LogP contribution in [0.15, 0.2) is 29.8 Å². The van der Waals surface area contributed by atoms with E-state index in [9.17, 15) is 4.79 Å². The molecule has 0 saturated carbocycles. The van der Waals surface area contributed by atoms with E-state index >= 15 is 0 Å². The van der Waals surface area contributed by atoms with Gasteiger partial charge >= 0.3 is 5.97 Å². The zero-order chi connectivity index (χ0) is 9.84. The lowest BCUT2D eigenvalue weighted by Crippen LogP contribution is -1.95. The molecule has 0 aliphatic carbocycles. The Bertz CT molecular complexity index is 356. The quantitative estimate of drug-likeness (QED) is 0.671. The van der Waals surface area contributed by atoms with E-state index in [2.05, 4.69) is 22.6 Å². The fraction of sp³-hybridized carbons (Fsp3) is 0.100. The minimum atomic E-state index is -0.876. The van der Waals surface area contributed by atoms with Gasteiger partial charge in [0.15, 0.2) is 0 Å². The molecule has 0 aromatic heterocycles. The molecule has 0 heterocycles. The van der Waals surface area contributed by atoms with Gasteiger partial charge in [-0.2, -0.15) is 0 Å². The Balaban J connectivity index is 2.97. The number of carboxylic acids is 1. The topological polar surface area (TPSA) is 37.3 Å². The summed E-state index contributed by atoms with van der Waals surface area (Å²) in [5.41, 5.74) is 1.27. The fourth-order valence-corrected chi connectivity index (χ4v) is 1.48. The molecule has 13 heavy (non-hydrogen) atoms. The van der Waals surface area contributed by atoms with Crippen molar-refractivity contribution in [2.75, 3.05) is 0 Å². The average molecular weight is 288 g/mol. The van der Waals surface area contributed by atoms with Crippen LogP contribution in [0.2, 0.25) is 0 Å². The van der Waals surface area contributed by atoms with Gasteiger partial charge in [0, 0.05) is 9.14 Å². The molecule has 3 heteroatoms. The summed E-state index contributed by atoms with van der Waals surface area (Å²) >= 11 is 2.19. The predicted octanol–water partition coefficient (Wildman–Crippen LogP) is 2.78. The third-order valence-electron chi connectivity index (χ3n) is 1.57. The van der Waals surface area contributed by atoms with E-state index in [0.29, 0.717) is 5.57 Å². The van der Waals surface area contributed by atoms with Crippen LogP contribution in [-0.4, -0.2) is 11.1 Å². The van der Waals surface area contributed by atoms with Crippen LogP contribution in [-0.2, 0) is 4.79 Å². The van der Waals surface area contributed by atoms with Crippen molar-refractivity contribution in [2.24, 2.45) is 0 Å². The number of benzene rings is 1. The Morgan fingerprint density at radius 1 is 1.54 bits per heavy atom. The van der Waals surface area contributed by atoms with Crippen LogP contribution in [0, 0.1) is 3.57 Å². The molecule has 0 radical (unpaired) electrons. The van der Waals surface area contributed by atoms with E-state index in [1.807, 2.05) is 24.3 Å². The summed E-state index contributed by atoms with van der Waals surface area (Å²) in [7, 11) is 0. The summed E-state index contributed by atoms with van der Waals surface area (Å²) in [5, 5.41) is 8.64. The Morgan fingerprint density at radius 3 is 2.77 bits per heavy atom. The monoisotopic (exact) mass is 288 g/mol. The summed E-state index contributed by atoms with van der Waals surface area (Å²) in [4.78, 5) is 10.5. The van der Waals surface area contributed by atoms with Crippen LogP contribution < -0.4 is 0 Å². The van der Waals surface area contributed by atoms with Gasteiger partial charge in [0.05, 0.1) is 0 Å². The van der Waals surface area contributed by atoms with Crippen molar-refractivity contribution in [1.29, 1.82) is 0 Å². The number of hydrogen-bond donors (Lipinski definition) is 1. The molecule has 0 atom stereocenters. The van der Waals surface area contributed by atoms with Crippen molar-refractivity contribution in [1.82, 2.24) is 0 Å². The summed E-state index contributed by atoms with van der Waals surface area (Å²) in [6.07, 6.45) is 1.66. The van der Waals surface area contributed by atoms with Crippen molar-refractivity contribution in [3.05, 3.63) is 39.0 Å². The third kappa shape index (κ3) is 3.18. The molecule has 1 aromatic rings. The summed E-state index contributed by atoms with van der Waals surface area (Å²) in [5.74, 6) is -0.876. The number of rotatable bonds is 2. The molecule has 0 aliphatic heterocycles. The van der Waals surface area contributed by atoms with Crippen LogP contribution in [0.5, 0.6) is 0 Å². The highest BCUT2D eigenvalue weighted by Crippen LogP contribution is 2.11. The standard InChI is InChI=1S/C10H9IO2/c1-7(10(12)13)5-8-3-2-4-9(11)6-8/h2-6H,1H3,(H,12,13)/b7-5+. The maximum Gasteiger partial charge on any atom is 0.331 e. The van der Waals surface area contributed by atoms with Crippen LogP contribution >= 0.6 is 22.6 Å². The van der Waals surface area contributed by atoms with Crippen molar-refractivity contribution >= 4 is 34.6 Å². The lowest BCUT2D eigenvalue weighted by molar-refractivity contribution is -0.132. The summed E-state index contributed by atoms with van der Waals surface area (Å²) < 4.78 is 1.10. The van der Waals surface area contributed by atoms with Gasteiger partial charge in [0.1, 0.15) is 0 Å². The van der Waals surface area contributed by atoms with Gasteiger partial charge in [-0.25, -0.2) is 4.79 Å². The predicted molar refractivity (Wildman–Crippen MR) is 60.4 cm³/mol. The lowest BCUT2D eigenvalue weighted by Gasteiger charge is -1.96. The molecule has 0 aliphatic rings. The molecule has 1 aromatic carbocycles. The normalized spacial score (nSPS) is 11.4. The highest BCUT2D eigenvalue weighted by atomic mass is 127. The Hall–Kier alpha value is -0.840. The third-order valence-corrected chi connectivity index (χ3v) is 2.24. The van der Waals surface area contributed by atoms with E-state index in [-0.39, 0.29) is 0 Å².